The lowest BCUT2D eigenvalue weighted by Crippen LogP contribution is -1.89. The van der Waals surface area contributed by atoms with Crippen LogP contribution in [0.15, 0.2) is 22.8 Å². The topological polar surface area (TPSA) is 59.1 Å². The van der Waals surface area contributed by atoms with Crippen molar-refractivity contribution in [3.8, 4) is 16.8 Å². The van der Waals surface area contributed by atoms with Crippen LogP contribution in [0.2, 0.25) is 0 Å². The Hall–Kier alpha value is -1.64. The second-order valence-corrected chi connectivity index (χ2v) is 3.82. The fourth-order valence-corrected chi connectivity index (χ4v) is 2.01. The number of ether oxygens (including phenoxy) is 1. The highest BCUT2D eigenvalue weighted by atomic mass is 32.1. The molecule has 0 unspecified atom stereocenters. The van der Waals surface area contributed by atoms with E-state index in [1.54, 1.807) is 19.4 Å². The molecule has 0 fully saturated rings. The molecular weight excluding hydrogens is 212 g/mol. The van der Waals surface area contributed by atoms with E-state index in [2.05, 4.69) is 11.1 Å². The zero-order valence-electron chi connectivity index (χ0n) is 8.06. The van der Waals surface area contributed by atoms with E-state index in [0.717, 1.165) is 0 Å². The van der Waals surface area contributed by atoms with Gasteiger partial charge >= 0.3 is 0 Å². The second kappa shape index (κ2) is 4.26. The normalized spacial score (nSPS) is 10.1. The molecule has 0 bridgehead atoms. The molecule has 2 heterocycles. The van der Waals surface area contributed by atoms with Crippen LogP contribution in [0.25, 0.3) is 10.8 Å². The first-order valence-electron chi connectivity index (χ1n) is 4.27. The van der Waals surface area contributed by atoms with E-state index < -0.39 is 0 Å². The fourth-order valence-electron chi connectivity index (χ4n) is 1.18. The maximum Gasteiger partial charge on any atom is 0.162 e. The predicted octanol–water partition coefficient (Wildman–Crippen LogP) is 2.42. The molecular formula is C10H8N2O2S. The van der Waals surface area contributed by atoms with Gasteiger partial charge in [-0.2, -0.15) is 5.26 Å². The van der Waals surface area contributed by atoms with Crippen LogP contribution >= 0.6 is 11.3 Å². The molecule has 0 radical (unpaired) electrons. The summed E-state index contributed by atoms with van der Waals surface area (Å²) in [6.45, 7) is 0.347. The van der Waals surface area contributed by atoms with E-state index >= 15 is 0 Å². The van der Waals surface area contributed by atoms with Gasteiger partial charge in [0.2, 0.25) is 0 Å². The van der Waals surface area contributed by atoms with Gasteiger partial charge in [-0.25, -0.2) is 4.98 Å². The molecule has 0 aliphatic heterocycles. The smallest absolute Gasteiger partial charge is 0.162 e. The minimum absolute atomic E-state index is 0.347. The van der Waals surface area contributed by atoms with Crippen LogP contribution < -0.4 is 0 Å². The van der Waals surface area contributed by atoms with Gasteiger partial charge in [0.05, 0.1) is 18.6 Å². The number of rotatable bonds is 3. The highest BCUT2D eigenvalue weighted by Gasteiger charge is 2.13. The van der Waals surface area contributed by atoms with E-state index in [4.69, 9.17) is 14.4 Å². The summed E-state index contributed by atoms with van der Waals surface area (Å²) in [5, 5.41) is 9.60. The van der Waals surface area contributed by atoms with E-state index in [1.165, 1.54) is 11.3 Å². The van der Waals surface area contributed by atoms with Crippen LogP contribution in [0, 0.1) is 11.3 Å². The third-order valence-corrected chi connectivity index (χ3v) is 2.83. The first-order valence-corrected chi connectivity index (χ1v) is 5.09. The van der Waals surface area contributed by atoms with Crippen molar-refractivity contribution in [3.05, 3.63) is 29.0 Å². The first-order chi connectivity index (χ1) is 7.35. The van der Waals surface area contributed by atoms with E-state index in [-0.39, 0.29) is 0 Å². The zero-order chi connectivity index (χ0) is 10.7. The molecule has 0 saturated heterocycles. The summed E-state index contributed by atoms with van der Waals surface area (Å²) in [5.74, 6) is 0.679. The fraction of sp³-hybridized carbons (Fsp3) is 0.200. The minimum atomic E-state index is 0.347. The first kappa shape index (κ1) is 9.90. The average molecular weight is 220 g/mol. The van der Waals surface area contributed by atoms with Gasteiger partial charge in [-0.05, 0) is 12.1 Å². The maximum atomic E-state index is 8.89. The Bertz CT molecular complexity index is 482. The van der Waals surface area contributed by atoms with Gasteiger partial charge < -0.3 is 9.15 Å². The van der Waals surface area contributed by atoms with Crippen molar-refractivity contribution >= 4 is 11.3 Å². The summed E-state index contributed by atoms with van der Waals surface area (Å²) < 4.78 is 10.2. The summed E-state index contributed by atoms with van der Waals surface area (Å²) in [6.07, 6.45) is 1.58. The quantitative estimate of drug-likeness (QED) is 0.797. The number of nitrogens with zero attached hydrogens (tertiary/aromatic N) is 2. The molecule has 0 aliphatic carbocycles. The number of thiazole rings is 1. The van der Waals surface area contributed by atoms with Crippen LogP contribution in [0.5, 0.6) is 0 Å². The molecule has 5 heteroatoms. The van der Waals surface area contributed by atoms with Crippen LogP contribution in [0.4, 0.5) is 0 Å². The van der Waals surface area contributed by atoms with Crippen LogP contribution in [0.3, 0.4) is 0 Å². The zero-order valence-corrected chi connectivity index (χ0v) is 8.87. The van der Waals surface area contributed by atoms with Gasteiger partial charge in [0, 0.05) is 7.11 Å². The van der Waals surface area contributed by atoms with Crippen molar-refractivity contribution < 1.29 is 9.15 Å². The number of aromatic nitrogens is 1. The van der Waals surface area contributed by atoms with Crippen molar-refractivity contribution in [3.63, 3.8) is 0 Å². The lowest BCUT2D eigenvalue weighted by Gasteiger charge is -1.91. The molecule has 0 amide bonds. The minimum Gasteiger partial charge on any atom is -0.462 e. The van der Waals surface area contributed by atoms with Crippen LogP contribution in [-0.2, 0) is 11.3 Å². The lowest BCUT2D eigenvalue weighted by atomic mass is 10.4. The Morgan fingerprint density at radius 1 is 1.67 bits per heavy atom. The Kier molecular flexibility index (Phi) is 2.81. The summed E-state index contributed by atoms with van der Waals surface area (Å²) >= 11 is 1.31. The number of nitriles is 1. The number of hydrogen-bond acceptors (Lipinski definition) is 5. The van der Waals surface area contributed by atoms with Crippen molar-refractivity contribution in [2.75, 3.05) is 7.11 Å². The SMILES string of the molecule is COCc1nc(-c2ccco2)sc1C#N. The molecule has 2 rings (SSSR count). The molecule has 0 atom stereocenters. The predicted molar refractivity (Wildman–Crippen MR) is 55.2 cm³/mol. The summed E-state index contributed by atoms with van der Waals surface area (Å²) in [7, 11) is 1.58. The molecule has 0 aromatic carbocycles. The summed E-state index contributed by atoms with van der Waals surface area (Å²) in [6, 6.07) is 5.70. The van der Waals surface area contributed by atoms with Crippen LogP contribution in [-0.4, -0.2) is 12.1 Å². The second-order valence-electron chi connectivity index (χ2n) is 2.82. The molecule has 0 aliphatic rings. The Labute approximate surface area is 90.7 Å². The Balaban J connectivity index is 2.40. The van der Waals surface area contributed by atoms with E-state index in [1.807, 2.05) is 6.07 Å². The Morgan fingerprint density at radius 3 is 3.13 bits per heavy atom. The largest absolute Gasteiger partial charge is 0.462 e. The van der Waals surface area contributed by atoms with Gasteiger partial charge in [0.25, 0.3) is 0 Å². The molecule has 15 heavy (non-hydrogen) atoms. The molecule has 76 valence electrons. The highest BCUT2D eigenvalue weighted by Crippen LogP contribution is 2.28. The van der Waals surface area contributed by atoms with Gasteiger partial charge in [0.1, 0.15) is 10.9 Å². The van der Waals surface area contributed by atoms with E-state index in [9.17, 15) is 0 Å². The molecule has 2 aromatic heterocycles. The number of furan rings is 1. The van der Waals surface area contributed by atoms with Crippen molar-refractivity contribution in [1.82, 2.24) is 4.98 Å². The van der Waals surface area contributed by atoms with E-state index in [0.29, 0.717) is 27.9 Å². The molecule has 2 aromatic rings. The number of hydrogen-bond donors (Lipinski definition) is 0. The lowest BCUT2D eigenvalue weighted by molar-refractivity contribution is 0.182. The summed E-state index contributed by atoms with van der Waals surface area (Å²) in [4.78, 5) is 4.86. The van der Waals surface area contributed by atoms with Crippen molar-refractivity contribution in [1.29, 1.82) is 5.26 Å². The standard InChI is InChI=1S/C10H8N2O2S/c1-13-6-7-9(5-11)15-10(12-7)8-3-2-4-14-8/h2-4H,6H2,1H3. The van der Waals surface area contributed by atoms with Gasteiger partial charge in [0.15, 0.2) is 10.8 Å². The monoisotopic (exact) mass is 220 g/mol. The third-order valence-electron chi connectivity index (χ3n) is 1.81. The third kappa shape index (κ3) is 1.91. The van der Waals surface area contributed by atoms with Crippen molar-refractivity contribution in [2.45, 2.75) is 6.61 Å². The Morgan fingerprint density at radius 2 is 2.53 bits per heavy atom. The average Bonchev–Trinajstić information content (AvgIpc) is 2.84. The van der Waals surface area contributed by atoms with Gasteiger partial charge in [-0.1, -0.05) is 11.3 Å². The summed E-state index contributed by atoms with van der Waals surface area (Å²) in [5.41, 5.74) is 0.663. The highest BCUT2D eigenvalue weighted by molar-refractivity contribution is 7.15. The van der Waals surface area contributed by atoms with Gasteiger partial charge in [-0.15, -0.1) is 0 Å². The maximum absolute atomic E-state index is 8.89. The molecule has 4 nitrogen and oxygen atoms in total. The molecule has 0 spiro atoms. The van der Waals surface area contributed by atoms with Crippen molar-refractivity contribution in [2.24, 2.45) is 0 Å². The van der Waals surface area contributed by atoms with Crippen LogP contribution in [0.1, 0.15) is 10.6 Å². The molecule has 0 saturated carbocycles. The number of methoxy groups -OCH3 is 1. The molecule has 0 N–H and O–H groups in total. The van der Waals surface area contributed by atoms with Gasteiger partial charge in [-0.3, -0.25) is 0 Å².